The second-order valence-electron chi connectivity index (χ2n) is 4.51. The van der Waals surface area contributed by atoms with E-state index in [1.807, 2.05) is 6.07 Å². The summed E-state index contributed by atoms with van der Waals surface area (Å²) in [4.78, 5) is 0. The number of hydrogen-bond donors (Lipinski definition) is 1. The zero-order chi connectivity index (χ0) is 13.3. The summed E-state index contributed by atoms with van der Waals surface area (Å²) in [5.74, 6) is 0.181. The first kappa shape index (κ1) is 14.5. The molecule has 1 N–H and O–H groups in total. The molecule has 1 saturated heterocycles. The zero-order valence-electron chi connectivity index (χ0n) is 9.64. The van der Waals surface area contributed by atoms with Gasteiger partial charge >= 0.3 is 0 Å². The number of aliphatic hydroxyl groups excluding tert-OH is 1. The monoisotopic (exact) mass is 396 g/mol. The maximum absolute atomic E-state index is 12.0. The molecule has 0 spiro atoms. The van der Waals surface area contributed by atoms with E-state index >= 15 is 0 Å². The first-order valence-electron chi connectivity index (χ1n) is 5.76. The molecule has 0 aromatic heterocycles. The molecule has 2 rings (SSSR count). The van der Waals surface area contributed by atoms with Crippen LogP contribution in [0.15, 0.2) is 27.1 Å². The molecule has 0 saturated carbocycles. The van der Waals surface area contributed by atoms with Gasteiger partial charge in [0, 0.05) is 8.95 Å². The number of benzene rings is 1. The highest BCUT2D eigenvalue weighted by Crippen LogP contribution is 2.35. The van der Waals surface area contributed by atoms with Crippen molar-refractivity contribution in [2.24, 2.45) is 0 Å². The van der Waals surface area contributed by atoms with Crippen molar-refractivity contribution < 1.29 is 13.5 Å². The average molecular weight is 398 g/mol. The first-order chi connectivity index (χ1) is 8.42. The molecule has 100 valence electrons. The summed E-state index contributed by atoms with van der Waals surface area (Å²) in [6, 6.07) is 5.41. The Morgan fingerprint density at radius 3 is 2.67 bits per heavy atom. The van der Waals surface area contributed by atoms with Crippen molar-refractivity contribution in [3.63, 3.8) is 0 Å². The van der Waals surface area contributed by atoms with E-state index in [4.69, 9.17) is 0 Å². The van der Waals surface area contributed by atoms with E-state index in [0.717, 1.165) is 15.4 Å². The van der Waals surface area contributed by atoms with Gasteiger partial charge < -0.3 is 5.11 Å². The molecule has 1 aliphatic rings. The minimum Gasteiger partial charge on any atom is -0.387 e. The van der Waals surface area contributed by atoms with Gasteiger partial charge in [0.15, 0.2) is 9.84 Å². The van der Waals surface area contributed by atoms with E-state index in [1.54, 1.807) is 12.1 Å². The van der Waals surface area contributed by atoms with Gasteiger partial charge in [0.1, 0.15) is 0 Å². The van der Waals surface area contributed by atoms with E-state index in [0.29, 0.717) is 18.4 Å². The van der Waals surface area contributed by atoms with Gasteiger partial charge in [-0.1, -0.05) is 38.3 Å². The molecule has 18 heavy (non-hydrogen) atoms. The second kappa shape index (κ2) is 5.61. The molecule has 1 heterocycles. The molecule has 0 aliphatic carbocycles. The van der Waals surface area contributed by atoms with E-state index in [1.165, 1.54) is 0 Å². The van der Waals surface area contributed by atoms with Crippen LogP contribution in [0.5, 0.6) is 0 Å². The Labute approximate surface area is 124 Å². The highest BCUT2D eigenvalue weighted by atomic mass is 79.9. The summed E-state index contributed by atoms with van der Waals surface area (Å²) in [6.07, 6.45) is 1.11. The van der Waals surface area contributed by atoms with Crippen molar-refractivity contribution in [1.29, 1.82) is 0 Å². The molecule has 0 radical (unpaired) electrons. The van der Waals surface area contributed by atoms with E-state index in [9.17, 15) is 13.5 Å². The molecule has 1 aromatic rings. The molecular weight excluding hydrogens is 384 g/mol. The SMILES string of the molecule is O=S1(=O)CCCCC1C(O)c1cc(Br)ccc1Br. The Hall–Kier alpha value is 0.0900. The van der Waals surface area contributed by atoms with E-state index in [2.05, 4.69) is 31.9 Å². The van der Waals surface area contributed by atoms with Crippen LogP contribution in [0.2, 0.25) is 0 Å². The summed E-state index contributed by atoms with van der Waals surface area (Å²) in [6.45, 7) is 0. The predicted octanol–water partition coefficient (Wildman–Crippen LogP) is 3.21. The van der Waals surface area contributed by atoms with Gasteiger partial charge in [-0.15, -0.1) is 0 Å². The maximum Gasteiger partial charge on any atom is 0.156 e. The van der Waals surface area contributed by atoms with E-state index < -0.39 is 21.2 Å². The van der Waals surface area contributed by atoms with Gasteiger partial charge in [-0.25, -0.2) is 8.42 Å². The number of halogens is 2. The highest BCUT2D eigenvalue weighted by molar-refractivity contribution is 9.11. The van der Waals surface area contributed by atoms with Gasteiger partial charge in [-0.05, 0) is 36.6 Å². The van der Waals surface area contributed by atoms with Crippen LogP contribution in [-0.4, -0.2) is 24.5 Å². The smallest absolute Gasteiger partial charge is 0.156 e. The van der Waals surface area contributed by atoms with E-state index in [-0.39, 0.29) is 5.75 Å². The van der Waals surface area contributed by atoms with Crippen LogP contribution in [-0.2, 0) is 9.84 Å². The van der Waals surface area contributed by atoms with Gasteiger partial charge in [0.2, 0.25) is 0 Å². The van der Waals surface area contributed by atoms with Crippen LogP contribution in [0.3, 0.4) is 0 Å². The fourth-order valence-corrected chi connectivity index (χ4v) is 5.11. The molecule has 3 nitrogen and oxygen atoms in total. The summed E-state index contributed by atoms with van der Waals surface area (Å²) in [5.41, 5.74) is 0.625. The molecule has 0 amide bonds. The Morgan fingerprint density at radius 1 is 1.28 bits per heavy atom. The normalized spacial score (nSPS) is 24.7. The van der Waals surface area contributed by atoms with Crippen LogP contribution in [0.25, 0.3) is 0 Å². The predicted molar refractivity (Wildman–Crippen MR) is 78.2 cm³/mol. The van der Waals surface area contributed by atoms with Gasteiger partial charge in [0.05, 0.1) is 17.1 Å². The second-order valence-corrected chi connectivity index (χ2v) is 8.62. The third-order valence-electron chi connectivity index (χ3n) is 3.26. The quantitative estimate of drug-likeness (QED) is 0.833. The highest BCUT2D eigenvalue weighted by Gasteiger charge is 2.36. The topological polar surface area (TPSA) is 54.4 Å². The number of rotatable bonds is 2. The number of hydrogen-bond acceptors (Lipinski definition) is 3. The van der Waals surface area contributed by atoms with Crippen LogP contribution in [0.1, 0.15) is 30.9 Å². The van der Waals surface area contributed by atoms with Crippen molar-refractivity contribution in [3.05, 3.63) is 32.7 Å². The number of sulfone groups is 1. The van der Waals surface area contributed by atoms with Crippen molar-refractivity contribution in [2.75, 3.05) is 5.75 Å². The molecule has 1 aliphatic heterocycles. The fraction of sp³-hybridized carbons (Fsp3) is 0.500. The molecular formula is C12H14Br2O3S. The lowest BCUT2D eigenvalue weighted by atomic mass is 10.0. The lowest BCUT2D eigenvalue weighted by Gasteiger charge is -2.27. The van der Waals surface area contributed by atoms with Crippen LogP contribution in [0, 0.1) is 0 Å². The van der Waals surface area contributed by atoms with Gasteiger partial charge in [-0.2, -0.15) is 0 Å². The Bertz CT molecular complexity index is 542. The van der Waals surface area contributed by atoms with Crippen LogP contribution < -0.4 is 0 Å². The first-order valence-corrected chi connectivity index (χ1v) is 9.06. The summed E-state index contributed by atoms with van der Waals surface area (Å²) in [7, 11) is -3.19. The fourth-order valence-electron chi connectivity index (χ4n) is 2.28. The molecule has 2 atom stereocenters. The minimum absolute atomic E-state index is 0.181. The molecule has 0 bridgehead atoms. The average Bonchev–Trinajstić information content (AvgIpc) is 2.31. The Morgan fingerprint density at radius 2 is 2.00 bits per heavy atom. The van der Waals surface area contributed by atoms with Gasteiger partial charge in [-0.3, -0.25) is 0 Å². The third-order valence-corrected chi connectivity index (χ3v) is 6.75. The summed E-state index contributed by atoms with van der Waals surface area (Å²) < 4.78 is 25.6. The molecule has 1 fully saturated rings. The van der Waals surface area contributed by atoms with Gasteiger partial charge in [0.25, 0.3) is 0 Å². The Balaban J connectivity index is 2.35. The Kier molecular flexibility index (Phi) is 4.52. The minimum atomic E-state index is -3.19. The molecule has 1 aromatic carbocycles. The van der Waals surface area contributed by atoms with Crippen LogP contribution >= 0.6 is 31.9 Å². The molecule has 6 heteroatoms. The largest absolute Gasteiger partial charge is 0.387 e. The van der Waals surface area contributed by atoms with Crippen molar-refractivity contribution >= 4 is 41.7 Å². The lowest BCUT2D eigenvalue weighted by molar-refractivity contribution is 0.163. The van der Waals surface area contributed by atoms with Crippen LogP contribution in [0.4, 0.5) is 0 Å². The third kappa shape index (κ3) is 2.98. The maximum atomic E-state index is 12.0. The standard InChI is InChI=1S/C12H14Br2O3S/c13-8-4-5-10(14)9(7-8)12(15)11-3-1-2-6-18(11,16)17/h4-5,7,11-12,15H,1-3,6H2. The lowest BCUT2D eigenvalue weighted by Crippen LogP contribution is -2.34. The van der Waals surface area contributed by atoms with Crippen molar-refractivity contribution in [1.82, 2.24) is 0 Å². The summed E-state index contributed by atoms with van der Waals surface area (Å²) in [5, 5.41) is 9.67. The van der Waals surface area contributed by atoms with Crippen molar-refractivity contribution in [2.45, 2.75) is 30.6 Å². The zero-order valence-corrected chi connectivity index (χ0v) is 13.6. The summed E-state index contributed by atoms with van der Waals surface area (Å²) >= 11 is 6.70. The molecule has 2 unspecified atom stereocenters. The van der Waals surface area contributed by atoms with Crippen molar-refractivity contribution in [3.8, 4) is 0 Å². The number of aliphatic hydroxyl groups is 1.